The molecule has 21 heavy (non-hydrogen) atoms. The summed E-state index contributed by atoms with van der Waals surface area (Å²) >= 11 is 1.87. The zero-order valence-electron chi connectivity index (χ0n) is 13.2. The molecule has 0 saturated carbocycles. The average molecular weight is 301 g/mol. The van der Waals surface area contributed by atoms with Gasteiger partial charge in [0, 0.05) is 17.0 Å². The van der Waals surface area contributed by atoms with Crippen LogP contribution in [0.3, 0.4) is 0 Å². The summed E-state index contributed by atoms with van der Waals surface area (Å²) in [7, 11) is 0. The fourth-order valence-electron chi connectivity index (χ4n) is 2.77. The van der Waals surface area contributed by atoms with E-state index >= 15 is 0 Å². The van der Waals surface area contributed by atoms with E-state index in [0.29, 0.717) is 12.1 Å². The molecular formula is C19H27NS. The summed E-state index contributed by atoms with van der Waals surface area (Å²) in [5.41, 5.74) is 1.42. The molecule has 1 heterocycles. The van der Waals surface area contributed by atoms with Crippen LogP contribution in [-0.2, 0) is 0 Å². The summed E-state index contributed by atoms with van der Waals surface area (Å²) < 4.78 is 0. The molecule has 1 nitrogen and oxygen atoms in total. The summed E-state index contributed by atoms with van der Waals surface area (Å²) in [6, 6.07) is 16.3. The fourth-order valence-corrected chi connectivity index (χ4v) is 3.59. The Morgan fingerprint density at radius 3 is 2.33 bits per heavy atom. The van der Waals surface area contributed by atoms with E-state index in [4.69, 9.17) is 0 Å². The van der Waals surface area contributed by atoms with Crippen LogP contribution in [0.5, 0.6) is 0 Å². The summed E-state index contributed by atoms with van der Waals surface area (Å²) in [6.07, 6.45) is 6.16. The second-order valence-electron chi connectivity index (χ2n) is 5.63. The quantitative estimate of drug-likeness (QED) is 0.589. The van der Waals surface area contributed by atoms with E-state index in [-0.39, 0.29) is 0 Å². The maximum absolute atomic E-state index is 3.92. The first-order valence-electron chi connectivity index (χ1n) is 8.19. The number of benzene rings is 1. The van der Waals surface area contributed by atoms with Crippen molar-refractivity contribution < 1.29 is 0 Å². The molecule has 0 amide bonds. The van der Waals surface area contributed by atoms with Crippen molar-refractivity contribution in [2.24, 2.45) is 0 Å². The zero-order valence-corrected chi connectivity index (χ0v) is 14.0. The van der Waals surface area contributed by atoms with Crippen LogP contribution in [0.4, 0.5) is 0 Å². The molecule has 0 aliphatic heterocycles. The number of rotatable bonds is 9. The van der Waals surface area contributed by atoms with E-state index < -0.39 is 0 Å². The minimum Gasteiger partial charge on any atom is -0.302 e. The first-order chi connectivity index (χ1) is 10.3. The van der Waals surface area contributed by atoms with Gasteiger partial charge in [0.2, 0.25) is 0 Å². The lowest BCUT2D eigenvalue weighted by molar-refractivity contribution is 0.399. The molecule has 114 valence electrons. The van der Waals surface area contributed by atoms with E-state index in [0.717, 1.165) is 0 Å². The predicted octanol–water partition coefficient (Wildman–Crippen LogP) is 6.11. The SMILES string of the molecule is CCCCC(NC(CCC)c1cccs1)c1ccccc1. The molecule has 2 unspecified atom stereocenters. The number of nitrogens with one attached hydrogen (secondary N) is 1. The molecule has 0 aliphatic rings. The van der Waals surface area contributed by atoms with Crippen LogP contribution in [0.15, 0.2) is 47.8 Å². The Kier molecular flexibility index (Phi) is 6.98. The van der Waals surface area contributed by atoms with Crippen molar-refractivity contribution in [1.82, 2.24) is 5.32 Å². The molecule has 2 aromatic rings. The van der Waals surface area contributed by atoms with Gasteiger partial charge in [-0.2, -0.15) is 0 Å². The number of hydrogen-bond donors (Lipinski definition) is 1. The molecule has 2 heteroatoms. The van der Waals surface area contributed by atoms with Crippen molar-refractivity contribution >= 4 is 11.3 Å². The maximum Gasteiger partial charge on any atom is 0.0419 e. The van der Waals surface area contributed by atoms with Gasteiger partial charge in [-0.1, -0.05) is 69.5 Å². The monoisotopic (exact) mass is 301 g/mol. The van der Waals surface area contributed by atoms with Crippen molar-refractivity contribution in [2.75, 3.05) is 0 Å². The predicted molar refractivity (Wildman–Crippen MR) is 93.8 cm³/mol. The van der Waals surface area contributed by atoms with Crippen LogP contribution < -0.4 is 5.32 Å². The third kappa shape index (κ3) is 4.98. The Bertz CT molecular complexity index is 478. The number of hydrogen-bond acceptors (Lipinski definition) is 2. The van der Waals surface area contributed by atoms with Crippen molar-refractivity contribution in [3.8, 4) is 0 Å². The van der Waals surface area contributed by atoms with Gasteiger partial charge in [0.25, 0.3) is 0 Å². The van der Waals surface area contributed by atoms with E-state index in [1.807, 2.05) is 11.3 Å². The molecule has 0 radical (unpaired) electrons. The number of thiophene rings is 1. The van der Waals surface area contributed by atoms with Crippen LogP contribution in [-0.4, -0.2) is 0 Å². The summed E-state index contributed by atoms with van der Waals surface area (Å²) in [5.74, 6) is 0. The van der Waals surface area contributed by atoms with E-state index in [9.17, 15) is 0 Å². The smallest absolute Gasteiger partial charge is 0.0419 e. The second kappa shape index (κ2) is 9.01. The highest BCUT2D eigenvalue weighted by Gasteiger charge is 2.18. The van der Waals surface area contributed by atoms with Gasteiger partial charge in [0.15, 0.2) is 0 Å². The first kappa shape index (κ1) is 16.3. The molecule has 0 fully saturated rings. The van der Waals surface area contributed by atoms with Gasteiger partial charge in [-0.05, 0) is 29.9 Å². The van der Waals surface area contributed by atoms with Crippen LogP contribution in [0.25, 0.3) is 0 Å². The molecule has 2 atom stereocenters. The van der Waals surface area contributed by atoms with E-state index in [2.05, 4.69) is 67.0 Å². The minimum atomic E-state index is 0.463. The summed E-state index contributed by atoms with van der Waals surface area (Å²) in [6.45, 7) is 4.54. The fraction of sp³-hybridized carbons (Fsp3) is 0.474. The van der Waals surface area contributed by atoms with E-state index in [1.54, 1.807) is 0 Å². The molecule has 1 aromatic carbocycles. The third-order valence-corrected chi connectivity index (χ3v) is 4.90. The van der Waals surface area contributed by atoms with Gasteiger partial charge in [0.05, 0.1) is 0 Å². The van der Waals surface area contributed by atoms with Crippen LogP contribution in [0, 0.1) is 0 Å². The highest BCUT2D eigenvalue weighted by molar-refractivity contribution is 7.10. The van der Waals surface area contributed by atoms with Crippen LogP contribution in [0.2, 0.25) is 0 Å². The highest BCUT2D eigenvalue weighted by Crippen LogP contribution is 2.29. The number of unbranched alkanes of at least 4 members (excludes halogenated alkanes) is 1. The Morgan fingerprint density at radius 1 is 0.905 bits per heavy atom. The Morgan fingerprint density at radius 2 is 1.71 bits per heavy atom. The van der Waals surface area contributed by atoms with Crippen molar-refractivity contribution in [3.05, 3.63) is 58.3 Å². The van der Waals surface area contributed by atoms with Crippen molar-refractivity contribution in [2.45, 2.75) is 58.0 Å². The normalized spacial score (nSPS) is 14.0. The first-order valence-corrected chi connectivity index (χ1v) is 9.07. The van der Waals surface area contributed by atoms with Gasteiger partial charge in [0.1, 0.15) is 0 Å². The highest BCUT2D eigenvalue weighted by atomic mass is 32.1. The standard InChI is InChI=1S/C19H27NS/c1-3-5-13-17(16-11-7-6-8-12-16)20-18(10-4-2)19-14-9-15-21-19/h6-9,11-12,14-15,17-18,20H,3-5,10,13H2,1-2H3. The van der Waals surface area contributed by atoms with Gasteiger partial charge < -0.3 is 5.32 Å². The molecule has 1 aromatic heterocycles. The minimum absolute atomic E-state index is 0.463. The van der Waals surface area contributed by atoms with Crippen molar-refractivity contribution in [3.63, 3.8) is 0 Å². The Balaban J connectivity index is 2.12. The zero-order chi connectivity index (χ0) is 14.9. The van der Waals surface area contributed by atoms with Crippen molar-refractivity contribution in [1.29, 1.82) is 0 Å². The van der Waals surface area contributed by atoms with Gasteiger partial charge >= 0.3 is 0 Å². The summed E-state index contributed by atoms with van der Waals surface area (Å²) in [4.78, 5) is 1.47. The van der Waals surface area contributed by atoms with Crippen LogP contribution in [0.1, 0.15) is 68.5 Å². The second-order valence-corrected chi connectivity index (χ2v) is 6.61. The molecule has 2 rings (SSSR count). The Labute approximate surface area is 133 Å². The largest absolute Gasteiger partial charge is 0.302 e. The molecular weight excluding hydrogens is 274 g/mol. The van der Waals surface area contributed by atoms with Gasteiger partial charge in [-0.3, -0.25) is 0 Å². The van der Waals surface area contributed by atoms with E-state index in [1.165, 1.54) is 42.5 Å². The summed E-state index contributed by atoms with van der Waals surface area (Å²) in [5, 5.41) is 6.10. The lowest BCUT2D eigenvalue weighted by Crippen LogP contribution is -2.26. The lowest BCUT2D eigenvalue weighted by Gasteiger charge is -2.25. The Hall–Kier alpha value is -1.12. The molecule has 0 saturated heterocycles. The molecule has 0 bridgehead atoms. The van der Waals surface area contributed by atoms with Crippen LogP contribution >= 0.6 is 11.3 Å². The molecule has 1 N–H and O–H groups in total. The lowest BCUT2D eigenvalue weighted by atomic mass is 9.99. The molecule has 0 spiro atoms. The third-order valence-electron chi connectivity index (χ3n) is 3.91. The molecule has 0 aliphatic carbocycles. The topological polar surface area (TPSA) is 12.0 Å². The van der Waals surface area contributed by atoms with Gasteiger partial charge in [-0.15, -0.1) is 11.3 Å². The maximum atomic E-state index is 3.92. The average Bonchev–Trinajstić information content (AvgIpc) is 3.05. The van der Waals surface area contributed by atoms with Gasteiger partial charge in [-0.25, -0.2) is 0 Å².